The molecule has 1 aromatic carbocycles. The Kier molecular flexibility index (Phi) is 4.36. The zero-order valence-electron chi connectivity index (χ0n) is 10.9. The van der Waals surface area contributed by atoms with Gasteiger partial charge in [-0.2, -0.15) is 0 Å². The van der Waals surface area contributed by atoms with Gasteiger partial charge in [0.1, 0.15) is 0 Å². The van der Waals surface area contributed by atoms with Crippen molar-refractivity contribution in [2.24, 2.45) is 0 Å². The first-order valence-corrected chi connectivity index (χ1v) is 6.83. The van der Waals surface area contributed by atoms with Crippen LogP contribution in [0.1, 0.15) is 31.7 Å². The van der Waals surface area contributed by atoms with E-state index in [1.54, 1.807) is 13.2 Å². The number of hydrogen-bond acceptors (Lipinski definition) is 3. The minimum atomic E-state index is 0.212. The van der Waals surface area contributed by atoms with Gasteiger partial charge in [0.2, 0.25) is 0 Å². The molecule has 1 aliphatic heterocycles. The van der Waals surface area contributed by atoms with E-state index in [4.69, 9.17) is 16.3 Å². The number of hydrogen-bond donors (Lipinski definition) is 1. The third-order valence-electron chi connectivity index (χ3n) is 3.68. The first-order valence-electron chi connectivity index (χ1n) is 6.45. The second-order valence-corrected chi connectivity index (χ2v) is 5.23. The summed E-state index contributed by atoms with van der Waals surface area (Å²) in [6, 6.07) is 4.08. The third kappa shape index (κ3) is 2.73. The Morgan fingerprint density at radius 3 is 2.94 bits per heavy atom. The molecule has 100 valence electrons. The van der Waals surface area contributed by atoms with E-state index < -0.39 is 0 Å². The number of likely N-dealkylation sites (tertiary alicyclic amines) is 1. The van der Waals surface area contributed by atoms with Crippen molar-refractivity contribution in [1.29, 1.82) is 0 Å². The summed E-state index contributed by atoms with van der Waals surface area (Å²) in [7, 11) is 1.54. The molecule has 4 heteroatoms. The monoisotopic (exact) mass is 269 g/mol. The van der Waals surface area contributed by atoms with Gasteiger partial charge < -0.3 is 9.84 Å². The van der Waals surface area contributed by atoms with Crippen LogP contribution in [0.15, 0.2) is 12.1 Å². The average molecular weight is 270 g/mol. The number of ether oxygens (including phenoxy) is 1. The van der Waals surface area contributed by atoms with Crippen molar-refractivity contribution in [3.05, 3.63) is 22.7 Å². The van der Waals surface area contributed by atoms with Gasteiger partial charge in [-0.25, -0.2) is 0 Å². The molecular weight excluding hydrogens is 250 g/mol. The Labute approximate surface area is 113 Å². The highest BCUT2D eigenvalue weighted by Gasteiger charge is 2.24. The molecule has 1 unspecified atom stereocenters. The van der Waals surface area contributed by atoms with E-state index in [1.165, 1.54) is 12.8 Å². The lowest BCUT2D eigenvalue weighted by Gasteiger charge is -2.24. The van der Waals surface area contributed by atoms with Crippen LogP contribution >= 0.6 is 11.6 Å². The molecule has 0 radical (unpaired) electrons. The van der Waals surface area contributed by atoms with E-state index >= 15 is 0 Å². The molecule has 1 aliphatic rings. The molecule has 1 N–H and O–H groups in total. The molecule has 2 rings (SSSR count). The number of benzene rings is 1. The Morgan fingerprint density at radius 1 is 1.50 bits per heavy atom. The minimum absolute atomic E-state index is 0.212. The molecule has 3 nitrogen and oxygen atoms in total. The standard InChI is InChI=1S/C14H20ClNO2/c1-3-12-5-4-6-16(12)9-10-7-11(15)8-13(18-2)14(10)17/h7-8,12,17H,3-6,9H2,1-2H3. The predicted molar refractivity (Wildman–Crippen MR) is 73.4 cm³/mol. The van der Waals surface area contributed by atoms with Gasteiger partial charge in [-0.3, -0.25) is 4.90 Å². The quantitative estimate of drug-likeness (QED) is 0.909. The van der Waals surface area contributed by atoms with Gasteiger partial charge in [-0.1, -0.05) is 18.5 Å². The smallest absolute Gasteiger partial charge is 0.162 e. The molecule has 0 aliphatic carbocycles. The number of phenols is 1. The Bertz CT molecular complexity index is 423. The van der Waals surface area contributed by atoms with Crippen LogP contribution in [0.25, 0.3) is 0 Å². The van der Waals surface area contributed by atoms with Crippen LogP contribution in [0.2, 0.25) is 5.02 Å². The molecule has 0 spiro atoms. The largest absolute Gasteiger partial charge is 0.504 e. The predicted octanol–water partition coefficient (Wildman–Crippen LogP) is 3.43. The zero-order chi connectivity index (χ0) is 13.1. The molecule has 1 fully saturated rings. The molecule has 1 heterocycles. The average Bonchev–Trinajstić information content (AvgIpc) is 2.80. The zero-order valence-corrected chi connectivity index (χ0v) is 11.7. The van der Waals surface area contributed by atoms with E-state index in [9.17, 15) is 5.11 Å². The lowest BCUT2D eigenvalue weighted by molar-refractivity contribution is 0.236. The van der Waals surface area contributed by atoms with E-state index in [1.807, 2.05) is 6.07 Å². The highest BCUT2D eigenvalue weighted by Crippen LogP contribution is 2.35. The topological polar surface area (TPSA) is 32.7 Å². The van der Waals surface area contributed by atoms with Crippen LogP contribution in [-0.4, -0.2) is 29.7 Å². The van der Waals surface area contributed by atoms with Gasteiger partial charge in [0.05, 0.1) is 7.11 Å². The Hall–Kier alpha value is -0.930. The van der Waals surface area contributed by atoms with Crippen LogP contribution in [-0.2, 0) is 6.54 Å². The number of rotatable bonds is 4. The minimum Gasteiger partial charge on any atom is -0.504 e. The van der Waals surface area contributed by atoms with Gasteiger partial charge in [0.25, 0.3) is 0 Å². The highest BCUT2D eigenvalue weighted by molar-refractivity contribution is 6.30. The van der Waals surface area contributed by atoms with E-state index in [0.717, 1.165) is 25.1 Å². The maximum atomic E-state index is 10.1. The summed E-state index contributed by atoms with van der Waals surface area (Å²) < 4.78 is 5.13. The summed E-state index contributed by atoms with van der Waals surface area (Å²) in [6.45, 7) is 4.04. The van der Waals surface area contributed by atoms with Crippen LogP contribution in [0.3, 0.4) is 0 Å². The van der Waals surface area contributed by atoms with E-state index in [0.29, 0.717) is 16.8 Å². The van der Waals surface area contributed by atoms with Gasteiger partial charge >= 0.3 is 0 Å². The Morgan fingerprint density at radius 2 is 2.28 bits per heavy atom. The molecule has 18 heavy (non-hydrogen) atoms. The fraction of sp³-hybridized carbons (Fsp3) is 0.571. The number of phenolic OH excluding ortho intramolecular Hbond substituents is 1. The number of aromatic hydroxyl groups is 1. The maximum absolute atomic E-state index is 10.1. The van der Waals surface area contributed by atoms with Crippen molar-refractivity contribution in [2.45, 2.75) is 38.8 Å². The van der Waals surface area contributed by atoms with Gasteiger partial charge in [0, 0.05) is 29.2 Å². The first kappa shape index (κ1) is 13.5. The Balaban J connectivity index is 2.20. The van der Waals surface area contributed by atoms with Gasteiger partial charge in [0.15, 0.2) is 11.5 Å². The summed E-state index contributed by atoms with van der Waals surface area (Å²) >= 11 is 6.05. The number of methoxy groups -OCH3 is 1. The molecule has 1 aromatic rings. The molecule has 0 aromatic heterocycles. The van der Waals surface area contributed by atoms with Crippen LogP contribution < -0.4 is 4.74 Å². The maximum Gasteiger partial charge on any atom is 0.162 e. The fourth-order valence-electron chi connectivity index (χ4n) is 2.69. The van der Waals surface area contributed by atoms with E-state index in [2.05, 4.69) is 11.8 Å². The lowest BCUT2D eigenvalue weighted by Crippen LogP contribution is -2.28. The molecule has 0 amide bonds. The van der Waals surface area contributed by atoms with Crippen molar-refractivity contribution >= 4 is 11.6 Å². The fourth-order valence-corrected chi connectivity index (χ4v) is 2.92. The lowest BCUT2D eigenvalue weighted by atomic mass is 10.1. The summed E-state index contributed by atoms with van der Waals surface area (Å²) in [4.78, 5) is 2.41. The van der Waals surface area contributed by atoms with Crippen LogP contribution in [0, 0.1) is 0 Å². The summed E-state index contributed by atoms with van der Waals surface area (Å²) in [5.41, 5.74) is 0.847. The van der Waals surface area contributed by atoms with Crippen molar-refractivity contribution in [3.8, 4) is 11.5 Å². The van der Waals surface area contributed by atoms with Crippen LogP contribution in [0.5, 0.6) is 11.5 Å². The first-order chi connectivity index (χ1) is 8.65. The van der Waals surface area contributed by atoms with E-state index in [-0.39, 0.29) is 5.75 Å². The summed E-state index contributed by atoms with van der Waals surface area (Å²) in [5.74, 6) is 0.661. The van der Waals surface area contributed by atoms with Gasteiger partial charge in [-0.15, -0.1) is 0 Å². The SMILES string of the molecule is CCC1CCCN1Cc1cc(Cl)cc(OC)c1O. The van der Waals surface area contributed by atoms with Crippen LogP contribution in [0.4, 0.5) is 0 Å². The third-order valence-corrected chi connectivity index (χ3v) is 3.90. The van der Waals surface area contributed by atoms with Crippen molar-refractivity contribution < 1.29 is 9.84 Å². The molecule has 0 bridgehead atoms. The number of halogens is 1. The highest BCUT2D eigenvalue weighted by atomic mass is 35.5. The van der Waals surface area contributed by atoms with Crippen molar-refractivity contribution in [2.75, 3.05) is 13.7 Å². The summed E-state index contributed by atoms with van der Waals surface area (Å²) in [6.07, 6.45) is 3.63. The molecule has 1 saturated heterocycles. The molecule has 0 saturated carbocycles. The second kappa shape index (κ2) is 5.81. The molecule has 1 atom stereocenters. The summed E-state index contributed by atoms with van der Waals surface area (Å²) in [5, 5.41) is 10.7. The van der Waals surface area contributed by atoms with Crippen molar-refractivity contribution in [3.63, 3.8) is 0 Å². The molecular formula is C14H20ClNO2. The van der Waals surface area contributed by atoms with Crippen molar-refractivity contribution in [1.82, 2.24) is 4.90 Å². The van der Waals surface area contributed by atoms with Gasteiger partial charge in [-0.05, 0) is 31.9 Å². The second-order valence-electron chi connectivity index (χ2n) is 4.79. The normalized spacial score (nSPS) is 20.3. The number of nitrogens with zero attached hydrogens (tertiary/aromatic N) is 1.